The minimum Gasteiger partial charge on any atom is -0.375 e. The lowest BCUT2D eigenvalue weighted by Gasteiger charge is -2.14. The molecule has 1 aromatic carbocycles. The van der Waals surface area contributed by atoms with Gasteiger partial charge in [0.15, 0.2) is 0 Å². The lowest BCUT2D eigenvalue weighted by atomic mass is 10.2. The summed E-state index contributed by atoms with van der Waals surface area (Å²) in [6.07, 6.45) is -4.05. The summed E-state index contributed by atoms with van der Waals surface area (Å²) in [5.41, 5.74) is 0.588. The Kier molecular flexibility index (Phi) is 11.1. The number of halogens is 5. The number of anilines is 2. The van der Waals surface area contributed by atoms with Crippen LogP contribution in [0.15, 0.2) is 24.3 Å². The van der Waals surface area contributed by atoms with E-state index in [1.807, 2.05) is 0 Å². The quantitative estimate of drug-likeness (QED) is 0.741. The molecule has 21 heavy (non-hydrogen) atoms. The summed E-state index contributed by atoms with van der Waals surface area (Å²) in [5.74, 6) is -0.254. The zero-order valence-corrected chi connectivity index (χ0v) is 12.9. The minimum absolute atomic E-state index is 0. The smallest absolute Gasteiger partial charge is 0.375 e. The van der Waals surface area contributed by atoms with Crippen LogP contribution in [-0.4, -0.2) is 32.2 Å². The molecule has 1 aromatic rings. The van der Waals surface area contributed by atoms with E-state index in [0.717, 1.165) is 0 Å². The van der Waals surface area contributed by atoms with E-state index in [-0.39, 0.29) is 42.8 Å². The number of para-hydroxylation sites is 2. The van der Waals surface area contributed by atoms with Gasteiger partial charge < -0.3 is 16.0 Å². The maximum atomic E-state index is 12.1. The first-order valence-corrected chi connectivity index (χ1v) is 5.76. The van der Waals surface area contributed by atoms with Crippen molar-refractivity contribution in [2.24, 2.45) is 0 Å². The second-order valence-corrected chi connectivity index (χ2v) is 3.92. The second kappa shape index (κ2) is 10.5. The molecule has 0 aliphatic rings. The van der Waals surface area contributed by atoms with Crippen molar-refractivity contribution >= 4 is 42.1 Å². The van der Waals surface area contributed by atoms with Gasteiger partial charge in [-0.2, -0.15) is 13.2 Å². The lowest BCUT2D eigenvalue weighted by Crippen LogP contribution is -2.23. The van der Waals surface area contributed by atoms with Crippen molar-refractivity contribution in [2.75, 3.05) is 30.8 Å². The summed E-state index contributed by atoms with van der Waals surface area (Å²) < 4.78 is 36.4. The minimum atomic E-state index is -4.30. The molecule has 3 N–H and O–H groups in total. The Morgan fingerprint density at radius 1 is 1.14 bits per heavy atom. The first-order valence-electron chi connectivity index (χ1n) is 5.76. The molecule has 0 heterocycles. The number of carbonyl (C=O) groups is 1. The molecule has 0 aromatic heterocycles. The van der Waals surface area contributed by atoms with Gasteiger partial charge in [0.2, 0.25) is 5.91 Å². The molecule has 122 valence electrons. The van der Waals surface area contributed by atoms with Gasteiger partial charge in [0, 0.05) is 13.0 Å². The van der Waals surface area contributed by atoms with Crippen LogP contribution >= 0.6 is 24.8 Å². The fourth-order valence-corrected chi connectivity index (χ4v) is 1.39. The molecule has 0 spiro atoms. The highest BCUT2D eigenvalue weighted by Gasteiger charge is 2.26. The molecular weight excluding hydrogens is 330 g/mol. The second-order valence-electron chi connectivity index (χ2n) is 3.92. The number of alkyl halides is 3. The van der Waals surface area contributed by atoms with E-state index in [4.69, 9.17) is 0 Å². The van der Waals surface area contributed by atoms with Gasteiger partial charge >= 0.3 is 6.18 Å². The Hall–Kier alpha value is -1.18. The average Bonchev–Trinajstić information content (AvgIpc) is 2.34. The van der Waals surface area contributed by atoms with E-state index in [0.29, 0.717) is 12.2 Å². The van der Waals surface area contributed by atoms with Crippen LogP contribution in [0.25, 0.3) is 0 Å². The van der Waals surface area contributed by atoms with Crippen molar-refractivity contribution in [3.05, 3.63) is 24.3 Å². The molecule has 0 radical (unpaired) electrons. The SMILES string of the molecule is CNCCC(=O)Nc1ccccc1NCC(F)(F)F.Cl.Cl. The van der Waals surface area contributed by atoms with E-state index in [1.54, 1.807) is 25.2 Å². The molecule has 0 atom stereocenters. The van der Waals surface area contributed by atoms with E-state index >= 15 is 0 Å². The van der Waals surface area contributed by atoms with Crippen molar-refractivity contribution in [3.63, 3.8) is 0 Å². The normalized spacial score (nSPS) is 10.1. The number of amides is 1. The predicted molar refractivity (Wildman–Crippen MR) is 82.7 cm³/mol. The molecule has 1 rings (SSSR count). The van der Waals surface area contributed by atoms with Gasteiger partial charge in [-0.15, -0.1) is 24.8 Å². The molecule has 0 saturated heterocycles. The highest BCUT2D eigenvalue weighted by Crippen LogP contribution is 2.23. The summed E-state index contributed by atoms with van der Waals surface area (Å²) in [4.78, 5) is 11.5. The molecule has 4 nitrogen and oxygen atoms in total. The zero-order chi connectivity index (χ0) is 14.3. The monoisotopic (exact) mass is 347 g/mol. The first-order chi connectivity index (χ1) is 8.92. The van der Waals surface area contributed by atoms with Gasteiger partial charge in [-0.05, 0) is 19.2 Å². The summed E-state index contributed by atoms with van der Waals surface area (Å²) in [5, 5.41) is 7.65. The predicted octanol–water partition coefficient (Wildman–Crippen LogP) is 3.05. The fourth-order valence-electron chi connectivity index (χ4n) is 1.39. The van der Waals surface area contributed by atoms with Crippen LogP contribution < -0.4 is 16.0 Å². The van der Waals surface area contributed by atoms with Crippen molar-refractivity contribution in [3.8, 4) is 0 Å². The lowest BCUT2D eigenvalue weighted by molar-refractivity contribution is -0.116. The molecule has 9 heteroatoms. The Morgan fingerprint density at radius 2 is 1.71 bits per heavy atom. The number of carbonyl (C=O) groups excluding carboxylic acids is 1. The average molecular weight is 348 g/mol. The zero-order valence-electron chi connectivity index (χ0n) is 11.3. The van der Waals surface area contributed by atoms with Crippen LogP contribution in [0.3, 0.4) is 0 Å². The van der Waals surface area contributed by atoms with E-state index < -0.39 is 12.7 Å². The third-order valence-electron chi connectivity index (χ3n) is 2.28. The largest absolute Gasteiger partial charge is 0.405 e. The van der Waals surface area contributed by atoms with Crippen molar-refractivity contribution < 1.29 is 18.0 Å². The third-order valence-corrected chi connectivity index (χ3v) is 2.28. The molecule has 0 aliphatic carbocycles. The molecular formula is C12H18Cl2F3N3O. The Labute approximate surface area is 133 Å². The van der Waals surface area contributed by atoms with Gasteiger partial charge in [0.05, 0.1) is 11.4 Å². The van der Waals surface area contributed by atoms with Crippen LogP contribution in [-0.2, 0) is 4.79 Å². The van der Waals surface area contributed by atoms with Crippen molar-refractivity contribution in [1.29, 1.82) is 0 Å². The van der Waals surface area contributed by atoms with Gasteiger partial charge in [0.25, 0.3) is 0 Å². The van der Waals surface area contributed by atoms with Crippen molar-refractivity contribution in [1.82, 2.24) is 5.32 Å². The summed E-state index contributed by atoms with van der Waals surface area (Å²) in [6.45, 7) is -0.639. The van der Waals surface area contributed by atoms with E-state index in [2.05, 4.69) is 16.0 Å². The summed E-state index contributed by atoms with van der Waals surface area (Å²) >= 11 is 0. The van der Waals surface area contributed by atoms with Gasteiger partial charge in [-0.25, -0.2) is 0 Å². The van der Waals surface area contributed by atoms with Crippen molar-refractivity contribution in [2.45, 2.75) is 12.6 Å². The van der Waals surface area contributed by atoms with Gasteiger partial charge in [-0.1, -0.05) is 12.1 Å². The number of rotatable bonds is 6. The maximum absolute atomic E-state index is 12.1. The number of hydrogen-bond donors (Lipinski definition) is 3. The Bertz CT molecular complexity index is 430. The number of nitrogens with one attached hydrogen (secondary N) is 3. The van der Waals surface area contributed by atoms with Crippen LogP contribution in [0.2, 0.25) is 0 Å². The van der Waals surface area contributed by atoms with E-state index in [1.165, 1.54) is 6.07 Å². The Morgan fingerprint density at radius 3 is 2.24 bits per heavy atom. The topological polar surface area (TPSA) is 53.2 Å². The number of benzene rings is 1. The van der Waals surface area contributed by atoms with E-state index in [9.17, 15) is 18.0 Å². The fraction of sp³-hybridized carbons (Fsp3) is 0.417. The summed E-state index contributed by atoms with van der Waals surface area (Å²) in [7, 11) is 1.71. The van der Waals surface area contributed by atoms with Crippen LogP contribution in [0.1, 0.15) is 6.42 Å². The summed E-state index contributed by atoms with van der Waals surface area (Å²) in [6, 6.07) is 6.28. The van der Waals surface area contributed by atoms with Crippen LogP contribution in [0.5, 0.6) is 0 Å². The maximum Gasteiger partial charge on any atom is 0.405 e. The number of hydrogen-bond acceptors (Lipinski definition) is 3. The van der Waals surface area contributed by atoms with Crippen LogP contribution in [0.4, 0.5) is 24.5 Å². The third kappa shape index (κ3) is 9.38. The Balaban J connectivity index is 0. The molecule has 0 saturated carbocycles. The molecule has 1 amide bonds. The van der Waals surface area contributed by atoms with Crippen LogP contribution in [0, 0.1) is 0 Å². The molecule has 0 bridgehead atoms. The molecule has 0 aliphatic heterocycles. The highest BCUT2D eigenvalue weighted by atomic mass is 35.5. The van der Waals surface area contributed by atoms with Gasteiger partial charge in [0.1, 0.15) is 6.54 Å². The molecule has 0 fully saturated rings. The first kappa shape index (κ1) is 22.1. The highest BCUT2D eigenvalue weighted by molar-refractivity contribution is 5.94. The van der Waals surface area contributed by atoms with Gasteiger partial charge in [-0.3, -0.25) is 4.79 Å². The molecule has 0 unspecified atom stereocenters. The standard InChI is InChI=1S/C12H16F3N3O.2ClH/c1-16-7-6-11(19)18-10-5-3-2-4-9(10)17-8-12(13,14)15;;/h2-5,16-17H,6-8H2,1H3,(H,18,19);2*1H.